The number of aliphatic hydroxyl groups excluding tert-OH is 1. The van der Waals surface area contributed by atoms with Crippen molar-refractivity contribution in [1.29, 1.82) is 0 Å². The first-order valence-electron chi connectivity index (χ1n) is 5.56. The Balaban J connectivity index is 2.30. The molecule has 4 heteroatoms. The van der Waals surface area contributed by atoms with Crippen LogP contribution in [0.25, 0.3) is 0 Å². The lowest BCUT2D eigenvalue weighted by Crippen LogP contribution is -2.26. The van der Waals surface area contributed by atoms with Gasteiger partial charge in [-0.05, 0) is 12.3 Å². The Bertz CT molecular complexity index is 351. The molecule has 0 amide bonds. The van der Waals surface area contributed by atoms with E-state index in [2.05, 4.69) is 35.5 Å². The summed E-state index contributed by atoms with van der Waals surface area (Å²) >= 11 is 0. The van der Waals surface area contributed by atoms with Crippen LogP contribution in [0.4, 0.5) is 0 Å². The molecule has 1 N–H and O–H groups in total. The maximum absolute atomic E-state index is 9.13. The van der Waals surface area contributed by atoms with Crippen molar-refractivity contribution in [2.24, 2.45) is 5.92 Å². The quantitative estimate of drug-likeness (QED) is 0.754. The number of hydrogen-bond donors (Lipinski definition) is 1. The largest absolute Gasteiger partial charge is 0.396 e. The van der Waals surface area contributed by atoms with E-state index < -0.39 is 0 Å². The van der Waals surface area contributed by atoms with Crippen LogP contribution in [0.3, 0.4) is 0 Å². The fraction of sp³-hybridized carbons (Fsp3) is 0.818. The van der Waals surface area contributed by atoms with Gasteiger partial charge in [0, 0.05) is 25.0 Å². The smallest absolute Gasteiger partial charge is 0.138 e. The van der Waals surface area contributed by atoms with E-state index in [-0.39, 0.29) is 12.0 Å². The maximum atomic E-state index is 9.13. The minimum absolute atomic E-state index is 0.0529. The highest BCUT2D eigenvalue weighted by molar-refractivity contribution is 5.08. The summed E-state index contributed by atoms with van der Waals surface area (Å²) in [6.45, 7) is 7.67. The van der Waals surface area contributed by atoms with Crippen LogP contribution in [0, 0.1) is 5.92 Å². The maximum Gasteiger partial charge on any atom is 0.138 e. The van der Waals surface area contributed by atoms with Gasteiger partial charge in [-0.25, -0.2) is 0 Å². The van der Waals surface area contributed by atoms with Crippen molar-refractivity contribution in [2.75, 3.05) is 6.61 Å². The first kappa shape index (κ1) is 10.6. The summed E-state index contributed by atoms with van der Waals surface area (Å²) in [4.78, 5) is 0. The molecule has 0 saturated heterocycles. The molecule has 2 rings (SSSR count). The van der Waals surface area contributed by atoms with Gasteiger partial charge >= 0.3 is 0 Å². The Morgan fingerprint density at radius 2 is 2.13 bits per heavy atom. The number of fused-ring (bicyclic) bond motifs is 1. The number of rotatable bonds is 1. The van der Waals surface area contributed by atoms with E-state index in [1.807, 2.05) is 0 Å². The van der Waals surface area contributed by atoms with E-state index >= 15 is 0 Å². The van der Waals surface area contributed by atoms with Crippen molar-refractivity contribution in [1.82, 2.24) is 14.8 Å². The summed E-state index contributed by atoms with van der Waals surface area (Å²) in [5.41, 5.74) is 0.0529. The first-order valence-corrected chi connectivity index (χ1v) is 5.56. The molecule has 0 radical (unpaired) electrons. The van der Waals surface area contributed by atoms with Crippen LogP contribution < -0.4 is 0 Å². The number of aliphatic hydroxyl groups is 1. The third-order valence-corrected chi connectivity index (χ3v) is 2.99. The Hall–Kier alpha value is -0.900. The van der Waals surface area contributed by atoms with Crippen LogP contribution in [0.5, 0.6) is 0 Å². The predicted molar refractivity (Wildman–Crippen MR) is 57.6 cm³/mol. The molecule has 1 aromatic heterocycles. The Morgan fingerprint density at radius 3 is 2.73 bits per heavy atom. The number of nitrogens with zero attached hydrogens (tertiary/aromatic N) is 3. The monoisotopic (exact) mass is 209 g/mol. The lowest BCUT2D eigenvalue weighted by molar-refractivity contribution is 0.197. The van der Waals surface area contributed by atoms with Gasteiger partial charge in [-0.1, -0.05) is 20.8 Å². The van der Waals surface area contributed by atoms with Crippen molar-refractivity contribution in [3.05, 3.63) is 11.6 Å². The van der Waals surface area contributed by atoms with E-state index in [1.54, 1.807) is 0 Å². The Kier molecular flexibility index (Phi) is 2.54. The summed E-state index contributed by atoms with van der Waals surface area (Å²) in [6.07, 6.45) is 1.89. The van der Waals surface area contributed by atoms with Crippen molar-refractivity contribution in [2.45, 2.75) is 45.6 Å². The Labute approximate surface area is 90.3 Å². The normalized spacial score (nSPS) is 21.5. The average molecular weight is 209 g/mol. The molecule has 0 bridgehead atoms. The van der Waals surface area contributed by atoms with Gasteiger partial charge in [-0.2, -0.15) is 0 Å². The Morgan fingerprint density at radius 1 is 1.40 bits per heavy atom. The van der Waals surface area contributed by atoms with Crippen molar-refractivity contribution < 1.29 is 5.11 Å². The predicted octanol–water partition coefficient (Wildman–Crippen LogP) is 1.13. The molecule has 1 unspecified atom stereocenters. The average Bonchev–Trinajstić information content (AvgIpc) is 2.59. The van der Waals surface area contributed by atoms with Gasteiger partial charge < -0.3 is 9.67 Å². The highest BCUT2D eigenvalue weighted by Crippen LogP contribution is 2.26. The van der Waals surface area contributed by atoms with Gasteiger partial charge in [0.25, 0.3) is 0 Å². The van der Waals surface area contributed by atoms with Crippen LogP contribution >= 0.6 is 0 Å². The molecular weight excluding hydrogens is 190 g/mol. The standard InChI is InChI=1S/C11H19N3O/c1-11(2,3)10-13-12-9-6-8(7-15)4-5-14(9)10/h8,15H,4-7H2,1-3H3. The number of aromatic nitrogens is 3. The second kappa shape index (κ2) is 3.59. The summed E-state index contributed by atoms with van der Waals surface area (Å²) in [5, 5.41) is 17.6. The molecule has 0 fully saturated rings. The van der Waals surface area contributed by atoms with Gasteiger partial charge in [0.2, 0.25) is 0 Å². The van der Waals surface area contributed by atoms with Gasteiger partial charge in [-0.15, -0.1) is 10.2 Å². The SMILES string of the molecule is CC(C)(C)c1nnc2n1CCC(CO)C2. The molecule has 1 aliphatic heterocycles. The van der Waals surface area contributed by atoms with Crippen LogP contribution in [-0.2, 0) is 18.4 Å². The molecule has 1 aliphatic rings. The summed E-state index contributed by atoms with van der Waals surface area (Å²) in [5.74, 6) is 2.47. The van der Waals surface area contributed by atoms with E-state index in [4.69, 9.17) is 5.11 Å². The molecule has 1 atom stereocenters. The molecule has 0 aromatic carbocycles. The van der Waals surface area contributed by atoms with Gasteiger partial charge in [0.15, 0.2) is 0 Å². The van der Waals surface area contributed by atoms with Gasteiger partial charge in [0.1, 0.15) is 11.6 Å². The minimum atomic E-state index is 0.0529. The van der Waals surface area contributed by atoms with Gasteiger partial charge in [-0.3, -0.25) is 0 Å². The van der Waals surface area contributed by atoms with Crippen molar-refractivity contribution in [3.8, 4) is 0 Å². The molecule has 0 spiro atoms. The zero-order chi connectivity index (χ0) is 11.1. The third-order valence-electron chi connectivity index (χ3n) is 2.99. The lowest BCUT2D eigenvalue weighted by Gasteiger charge is -2.25. The third kappa shape index (κ3) is 1.91. The van der Waals surface area contributed by atoms with E-state index in [1.165, 1.54) is 0 Å². The van der Waals surface area contributed by atoms with Gasteiger partial charge in [0.05, 0.1) is 0 Å². The van der Waals surface area contributed by atoms with Crippen LogP contribution in [0.15, 0.2) is 0 Å². The highest BCUT2D eigenvalue weighted by Gasteiger charge is 2.27. The fourth-order valence-corrected chi connectivity index (χ4v) is 2.10. The topological polar surface area (TPSA) is 50.9 Å². The molecule has 4 nitrogen and oxygen atoms in total. The summed E-state index contributed by atoms with van der Waals surface area (Å²) in [6, 6.07) is 0. The zero-order valence-corrected chi connectivity index (χ0v) is 9.69. The van der Waals surface area contributed by atoms with Crippen LogP contribution in [0.1, 0.15) is 38.8 Å². The molecule has 0 aliphatic carbocycles. The van der Waals surface area contributed by atoms with E-state index in [0.717, 1.165) is 31.0 Å². The molecule has 15 heavy (non-hydrogen) atoms. The highest BCUT2D eigenvalue weighted by atomic mass is 16.3. The van der Waals surface area contributed by atoms with E-state index in [0.29, 0.717) is 5.92 Å². The molecule has 2 heterocycles. The second-order valence-corrected chi connectivity index (χ2v) is 5.38. The molecule has 1 aromatic rings. The van der Waals surface area contributed by atoms with E-state index in [9.17, 15) is 0 Å². The second-order valence-electron chi connectivity index (χ2n) is 5.38. The first-order chi connectivity index (χ1) is 7.02. The minimum Gasteiger partial charge on any atom is -0.396 e. The molecule has 0 saturated carbocycles. The summed E-state index contributed by atoms with van der Waals surface area (Å²) in [7, 11) is 0. The number of hydrogen-bond acceptors (Lipinski definition) is 3. The lowest BCUT2D eigenvalue weighted by atomic mass is 9.93. The summed E-state index contributed by atoms with van der Waals surface area (Å²) < 4.78 is 2.21. The van der Waals surface area contributed by atoms with Crippen LogP contribution in [0.2, 0.25) is 0 Å². The molecule has 84 valence electrons. The van der Waals surface area contributed by atoms with Crippen molar-refractivity contribution >= 4 is 0 Å². The zero-order valence-electron chi connectivity index (χ0n) is 9.69. The fourth-order valence-electron chi connectivity index (χ4n) is 2.10. The van der Waals surface area contributed by atoms with Crippen LogP contribution in [-0.4, -0.2) is 26.5 Å². The molecular formula is C11H19N3O. The van der Waals surface area contributed by atoms with Crippen molar-refractivity contribution in [3.63, 3.8) is 0 Å².